The Morgan fingerprint density at radius 2 is 2.28 bits per heavy atom. The molecule has 0 radical (unpaired) electrons. The summed E-state index contributed by atoms with van der Waals surface area (Å²) < 4.78 is 5.54. The van der Waals surface area contributed by atoms with Crippen molar-refractivity contribution in [3.05, 3.63) is 41.0 Å². The molecule has 0 bridgehead atoms. The molecule has 1 atom stereocenters. The molecular weight excluding hydrogens is 323 g/mol. The van der Waals surface area contributed by atoms with E-state index in [1.807, 2.05) is 6.07 Å². The molecule has 0 aliphatic carbocycles. The first kappa shape index (κ1) is 17.3. The summed E-state index contributed by atoms with van der Waals surface area (Å²) in [6, 6.07) is 5.28. The lowest BCUT2D eigenvalue weighted by atomic mass is 9.64. The highest BCUT2D eigenvalue weighted by molar-refractivity contribution is 6.47. The van der Waals surface area contributed by atoms with Crippen molar-refractivity contribution in [2.75, 3.05) is 0 Å². The number of H-pyrrole nitrogens is 1. The van der Waals surface area contributed by atoms with Gasteiger partial charge in [-0.25, -0.2) is 4.98 Å². The van der Waals surface area contributed by atoms with Crippen molar-refractivity contribution in [1.82, 2.24) is 15.2 Å². The smallest absolute Gasteiger partial charge is 0.526 e. The maximum absolute atomic E-state index is 12.3. The van der Waals surface area contributed by atoms with E-state index in [2.05, 4.69) is 15.2 Å². The summed E-state index contributed by atoms with van der Waals surface area (Å²) in [5, 5.41) is 16.8. The van der Waals surface area contributed by atoms with Crippen LogP contribution in [0.1, 0.15) is 40.9 Å². The van der Waals surface area contributed by atoms with Crippen LogP contribution < -0.4 is 10.4 Å². The first-order chi connectivity index (χ1) is 12.0. The largest absolute Gasteiger partial charge is 0.535 e. The summed E-state index contributed by atoms with van der Waals surface area (Å²) in [5.74, 6) is 0.733. The van der Waals surface area contributed by atoms with Crippen molar-refractivity contribution in [2.45, 2.75) is 38.5 Å². The van der Waals surface area contributed by atoms with Gasteiger partial charge in [0, 0.05) is 12.2 Å². The standard InChI is InChI=1S/C16H19BN4O4/c1-9(22)13-4-2-3-10-5-11(17(24)25-16(10)13)6-12(23)7-14-19-15(8-18)21-20-14/h2-4,11,24H,5-8,18H2,1H3,(H,19,20,21)/t11-/m1/s1. The monoisotopic (exact) mass is 342 g/mol. The predicted octanol–water partition coefficient (Wildman–Crippen LogP) is 0.453. The van der Waals surface area contributed by atoms with Crippen LogP contribution in [0.5, 0.6) is 5.75 Å². The van der Waals surface area contributed by atoms with Crippen molar-refractivity contribution < 1.29 is 19.3 Å². The van der Waals surface area contributed by atoms with Crippen LogP contribution in [0.3, 0.4) is 0 Å². The molecule has 1 aromatic heterocycles. The van der Waals surface area contributed by atoms with E-state index in [9.17, 15) is 14.6 Å². The van der Waals surface area contributed by atoms with Crippen LogP contribution in [0.2, 0.25) is 5.82 Å². The summed E-state index contributed by atoms with van der Waals surface area (Å²) in [7, 11) is -1.13. The maximum Gasteiger partial charge on any atom is 0.526 e. The Hall–Kier alpha value is -2.52. The second-order valence-corrected chi connectivity index (χ2v) is 6.14. The van der Waals surface area contributed by atoms with Gasteiger partial charge in [-0.15, -0.1) is 0 Å². The van der Waals surface area contributed by atoms with E-state index in [-0.39, 0.29) is 36.8 Å². The lowest BCUT2D eigenvalue weighted by Gasteiger charge is -2.28. The number of para-hydroxylation sites is 1. The molecule has 9 heteroatoms. The molecule has 3 rings (SSSR count). The molecule has 0 saturated heterocycles. The number of fused-ring (bicyclic) bond motifs is 1. The Kier molecular flexibility index (Phi) is 4.96. The van der Waals surface area contributed by atoms with Gasteiger partial charge in [0.1, 0.15) is 17.4 Å². The molecule has 0 fully saturated rings. The number of hydrogen-bond donors (Lipinski definition) is 3. The highest BCUT2D eigenvalue weighted by Crippen LogP contribution is 2.36. The number of Topliss-reactive ketones (excluding diaryl/α,β-unsaturated/α-hetero) is 2. The Labute approximate surface area is 144 Å². The topological polar surface area (TPSA) is 131 Å². The van der Waals surface area contributed by atoms with Crippen molar-refractivity contribution >= 4 is 18.7 Å². The van der Waals surface area contributed by atoms with Gasteiger partial charge in [0.25, 0.3) is 0 Å². The van der Waals surface area contributed by atoms with Gasteiger partial charge in [-0.1, -0.05) is 12.1 Å². The van der Waals surface area contributed by atoms with Crippen LogP contribution in [0.15, 0.2) is 18.2 Å². The van der Waals surface area contributed by atoms with Crippen LogP contribution >= 0.6 is 0 Å². The molecule has 1 aromatic carbocycles. The van der Waals surface area contributed by atoms with E-state index in [1.165, 1.54) is 6.92 Å². The molecule has 0 amide bonds. The minimum Gasteiger partial charge on any atom is -0.535 e. The van der Waals surface area contributed by atoms with Gasteiger partial charge in [0.05, 0.1) is 18.5 Å². The lowest BCUT2D eigenvalue weighted by Crippen LogP contribution is -2.36. The van der Waals surface area contributed by atoms with Gasteiger partial charge in [-0.2, -0.15) is 5.10 Å². The van der Waals surface area contributed by atoms with Crippen LogP contribution in [-0.2, 0) is 24.2 Å². The molecular formula is C16H19BN4O4. The Balaban J connectivity index is 1.68. The zero-order valence-corrected chi connectivity index (χ0v) is 13.9. The minimum absolute atomic E-state index is 0.0847. The molecule has 130 valence electrons. The molecule has 2 heterocycles. The summed E-state index contributed by atoms with van der Waals surface area (Å²) in [4.78, 5) is 28.0. The second kappa shape index (κ2) is 7.16. The number of rotatable bonds is 6. The number of aromatic nitrogens is 3. The quantitative estimate of drug-likeness (QED) is 0.513. The predicted molar refractivity (Wildman–Crippen MR) is 90.1 cm³/mol. The molecule has 0 saturated carbocycles. The van der Waals surface area contributed by atoms with Crippen LogP contribution in [0.4, 0.5) is 0 Å². The van der Waals surface area contributed by atoms with E-state index in [0.29, 0.717) is 29.4 Å². The summed E-state index contributed by atoms with van der Waals surface area (Å²) >= 11 is 0. The third-order valence-corrected chi connectivity index (χ3v) is 4.21. The van der Waals surface area contributed by atoms with E-state index in [0.717, 1.165) is 5.56 Å². The number of benzene rings is 1. The third kappa shape index (κ3) is 3.77. The average molecular weight is 342 g/mol. The van der Waals surface area contributed by atoms with Crippen LogP contribution in [0.25, 0.3) is 0 Å². The number of nitrogens with one attached hydrogen (secondary N) is 1. The van der Waals surface area contributed by atoms with Crippen LogP contribution in [0, 0.1) is 0 Å². The summed E-state index contributed by atoms with van der Waals surface area (Å²) in [6.07, 6.45) is 0.702. The SMILES string of the molecule is CC(=O)c1cccc2c1OB(O)[C@@H](CC(=O)Cc1nc(CN)n[nH]1)C2. The van der Waals surface area contributed by atoms with Gasteiger partial charge < -0.3 is 15.4 Å². The van der Waals surface area contributed by atoms with Gasteiger partial charge in [-0.3, -0.25) is 14.7 Å². The second-order valence-electron chi connectivity index (χ2n) is 6.14. The van der Waals surface area contributed by atoms with Gasteiger partial charge in [-0.05, 0) is 25.0 Å². The Morgan fingerprint density at radius 1 is 1.48 bits per heavy atom. The molecule has 2 aromatic rings. The summed E-state index contributed by atoms with van der Waals surface area (Å²) in [5.41, 5.74) is 6.70. The van der Waals surface area contributed by atoms with Crippen LogP contribution in [-0.4, -0.2) is 38.9 Å². The highest BCUT2D eigenvalue weighted by atomic mass is 16.5. The Morgan fingerprint density at radius 3 is 2.96 bits per heavy atom. The first-order valence-corrected chi connectivity index (χ1v) is 8.07. The number of nitrogens with two attached hydrogens (primary N) is 1. The fourth-order valence-corrected chi connectivity index (χ4v) is 2.99. The fourth-order valence-electron chi connectivity index (χ4n) is 2.99. The van der Waals surface area contributed by atoms with E-state index in [1.54, 1.807) is 12.1 Å². The van der Waals surface area contributed by atoms with E-state index >= 15 is 0 Å². The van der Waals surface area contributed by atoms with E-state index in [4.69, 9.17) is 10.4 Å². The molecule has 1 aliphatic rings. The molecule has 4 N–H and O–H groups in total. The molecule has 8 nitrogen and oxygen atoms in total. The van der Waals surface area contributed by atoms with Gasteiger partial charge in [0.2, 0.25) is 0 Å². The summed E-state index contributed by atoms with van der Waals surface area (Å²) in [6.45, 7) is 1.66. The van der Waals surface area contributed by atoms with E-state index < -0.39 is 7.12 Å². The number of carbonyl (C=O) groups excluding carboxylic acids is 2. The zero-order chi connectivity index (χ0) is 18.0. The number of ketones is 2. The first-order valence-electron chi connectivity index (χ1n) is 8.07. The Bertz CT molecular complexity index is 807. The molecule has 0 spiro atoms. The number of nitrogens with zero attached hydrogens (tertiary/aromatic N) is 2. The van der Waals surface area contributed by atoms with Crippen molar-refractivity contribution in [3.8, 4) is 5.75 Å². The molecule has 1 aliphatic heterocycles. The van der Waals surface area contributed by atoms with Gasteiger partial charge in [0.15, 0.2) is 11.6 Å². The van der Waals surface area contributed by atoms with Crippen molar-refractivity contribution in [3.63, 3.8) is 0 Å². The normalized spacial score (nSPS) is 16.3. The number of carbonyl (C=O) groups is 2. The molecule has 25 heavy (non-hydrogen) atoms. The van der Waals surface area contributed by atoms with Gasteiger partial charge >= 0.3 is 7.12 Å². The fraction of sp³-hybridized carbons (Fsp3) is 0.375. The minimum atomic E-state index is -1.13. The number of aromatic amines is 1. The highest BCUT2D eigenvalue weighted by Gasteiger charge is 2.37. The van der Waals surface area contributed by atoms with Crippen molar-refractivity contribution in [2.24, 2.45) is 5.73 Å². The molecule has 0 unspecified atom stereocenters. The maximum atomic E-state index is 12.3. The van der Waals surface area contributed by atoms with Crippen molar-refractivity contribution in [1.29, 1.82) is 0 Å². The lowest BCUT2D eigenvalue weighted by molar-refractivity contribution is -0.118. The number of hydrogen-bond acceptors (Lipinski definition) is 7. The zero-order valence-electron chi connectivity index (χ0n) is 13.9. The average Bonchev–Trinajstić information content (AvgIpc) is 3.02. The third-order valence-electron chi connectivity index (χ3n) is 4.21.